The van der Waals surface area contributed by atoms with Crippen LogP contribution in [0.3, 0.4) is 0 Å². The Morgan fingerprint density at radius 3 is 2.27 bits per heavy atom. The third-order valence-corrected chi connectivity index (χ3v) is 1.40. The molecule has 0 aromatic heterocycles. The lowest BCUT2D eigenvalue weighted by Gasteiger charge is -1.93. The second-order valence-corrected chi connectivity index (χ2v) is 2.21. The number of hydrogen-bond donors (Lipinski definition) is 1. The van der Waals surface area contributed by atoms with Gasteiger partial charge in [-0.3, -0.25) is 4.79 Å². The highest BCUT2D eigenvalue weighted by molar-refractivity contribution is 5.94. The number of hydrogen-bond acceptors (Lipinski definition) is 3. The Bertz CT molecular complexity index is 277. The maximum atomic E-state index is 10.8. The normalized spacial score (nSPS) is 9.18. The number of nitrogens with one attached hydrogen (secondary N) is 1. The van der Waals surface area contributed by atoms with E-state index in [4.69, 9.17) is 5.53 Å². The fourth-order valence-corrected chi connectivity index (χ4v) is 0.771. The predicted molar refractivity (Wildman–Crippen MR) is 41.3 cm³/mol. The van der Waals surface area contributed by atoms with Crippen molar-refractivity contribution in [1.29, 1.82) is 5.53 Å². The molecule has 0 aliphatic heterocycles. The lowest BCUT2D eigenvalue weighted by atomic mass is 10.1. The molecule has 0 bridgehead atoms. The third-order valence-electron chi connectivity index (χ3n) is 1.40. The SMILES string of the molecule is CC(=O)c1ccc(N=N)cc1. The number of nitrogens with zero attached hydrogens (tertiary/aromatic N) is 1. The number of carbonyl (C=O) groups is 1. The summed E-state index contributed by atoms with van der Waals surface area (Å²) in [6.45, 7) is 1.51. The van der Waals surface area contributed by atoms with Crippen LogP contribution in [-0.2, 0) is 0 Å². The number of Topliss-reactive ketones (excluding diaryl/α,β-unsaturated/α-hetero) is 1. The predicted octanol–water partition coefficient (Wildman–Crippen LogP) is 2.55. The van der Waals surface area contributed by atoms with Crippen LogP contribution >= 0.6 is 0 Å². The van der Waals surface area contributed by atoms with Crippen molar-refractivity contribution in [3.63, 3.8) is 0 Å². The summed E-state index contributed by atoms with van der Waals surface area (Å²) in [5.74, 6) is 0.0292. The molecule has 1 aromatic rings. The van der Waals surface area contributed by atoms with E-state index in [1.54, 1.807) is 24.3 Å². The van der Waals surface area contributed by atoms with Gasteiger partial charge in [0, 0.05) is 5.56 Å². The van der Waals surface area contributed by atoms with Gasteiger partial charge in [0.05, 0.1) is 5.69 Å². The minimum absolute atomic E-state index is 0.0292. The first-order valence-electron chi connectivity index (χ1n) is 3.22. The molecule has 0 amide bonds. The highest BCUT2D eigenvalue weighted by Crippen LogP contribution is 2.12. The zero-order valence-corrected chi connectivity index (χ0v) is 6.16. The van der Waals surface area contributed by atoms with Crippen LogP contribution in [0.2, 0.25) is 0 Å². The van der Waals surface area contributed by atoms with Gasteiger partial charge in [0.1, 0.15) is 0 Å². The Morgan fingerprint density at radius 1 is 1.36 bits per heavy atom. The quantitative estimate of drug-likeness (QED) is 0.508. The van der Waals surface area contributed by atoms with Crippen LogP contribution < -0.4 is 0 Å². The van der Waals surface area contributed by atoms with Crippen LogP contribution in [0.4, 0.5) is 5.69 Å². The Kier molecular flexibility index (Phi) is 2.11. The first-order valence-corrected chi connectivity index (χ1v) is 3.22. The summed E-state index contributed by atoms with van der Waals surface area (Å²) in [6, 6.07) is 6.61. The van der Waals surface area contributed by atoms with E-state index in [0.29, 0.717) is 11.3 Å². The zero-order valence-electron chi connectivity index (χ0n) is 6.16. The van der Waals surface area contributed by atoms with Crippen molar-refractivity contribution in [1.82, 2.24) is 0 Å². The molecule has 0 saturated heterocycles. The monoisotopic (exact) mass is 148 g/mol. The van der Waals surface area contributed by atoms with Crippen molar-refractivity contribution in [2.75, 3.05) is 0 Å². The smallest absolute Gasteiger partial charge is 0.159 e. The summed E-state index contributed by atoms with van der Waals surface area (Å²) in [7, 11) is 0. The van der Waals surface area contributed by atoms with Crippen LogP contribution in [0.1, 0.15) is 17.3 Å². The standard InChI is InChI=1S/C8H8N2O/c1-6(11)7-2-4-8(10-9)5-3-7/h2-5,9H,1H3. The van der Waals surface area contributed by atoms with Crippen molar-refractivity contribution in [2.45, 2.75) is 6.92 Å². The van der Waals surface area contributed by atoms with Gasteiger partial charge in [0.15, 0.2) is 5.78 Å². The molecule has 1 aromatic carbocycles. The van der Waals surface area contributed by atoms with Gasteiger partial charge in [-0.05, 0) is 31.2 Å². The molecule has 1 rings (SSSR count). The fourth-order valence-electron chi connectivity index (χ4n) is 0.771. The summed E-state index contributed by atoms with van der Waals surface area (Å²) in [5, 5.41) is 3.21. The van der Waals surface area contributed by atoms with Crippen LogP contribution in [0.25, 0.3) is 0 Å². The van der Waals surface area contributed by atoms with Gasteiger partial charge >= 0.3 is 0 Å². The Labute approximate surface area is 64.6 Å². The molecule has 11 heavy (non-hydrogen) atoms. The molecule has 0 radical (unpaired) electrons. The topological polar surface area (TPSA) is 53.3 Å². The van der Waals surface area contributed by atoms with Crippen molar-refractivity contribution < 1.29 is 4.79 Å². The van der Waals surface area contributed by atoms with Gasteiger partial charge in [0.25, 0.3) is 0 Å². The lowest BCUT2D eigenvalue weighted by Crippen LogP contribution is -1.89. The molecule has 0 heterocycles. The lowest BCUT2D eigenvalue weighted by molar-refractivity contribution is 0.101. The van der Waals surface area contributed by atoms with E-state index < -0.39 is 0 Å². The summed E-state index contributed by atoms with van der Waals surface area (Å²) in [6.07, 6.45) is 0. The van der Waals surface area contributed by atoms with Crippen LogP contribution in [-0.4, -0.2) is 5.78 Å². The van der Waals surface area contributed by atoms with Gasteiger partial charge < -0.3 is 0 Å². The second kappa shape index (κ2) is 3.05. The largest absolute Gasteiger partial charge is 0.295 e. The molecule has 0 unspecified atom stereocenters. The minimum atomic E-state index is 0.0292. The summed E-state index contributed by atoms with van der Waals surface area (Å²) in [4.78, 5) is 10.8. The molecule has 3 nitrogen and oxygen atoms in total. The van der Waals surface area contributed by atoms with E-state index in [0.717, 1.165) is 0 Å². The molecular formula is C8H8N2O. The van der Waals surface area contributed by atoms with Crippen LogP contribution in [0.15, 0.2) is 29.4 Å². The highest BCUT2D eigenvalue weighted by Gasteiger charge is 1.96. The van der Waals surface area contributed by atoms with E-state index in [1.165, 1.54) is 6.92 Å². The van der Waals surface area contributed by atoms with Crippen molar-refractivity contribution in [2.24, 2.45) is 5.11 Å². The molecule has 56 valence electrons. The zero-order chi connectivity index (χ0) is 8.27. The molecule has 0 spiro atoms. The van der Waals surface area contributed by atoms with E-state index in [-0.39, 0.29) is 5.78 Å². The third kappa shape index (κ3) is 1.70. The maximum Gasteiger partial charge on any atom is 0.159 e. The van der Waals surface area contributed by atoms with E-state index >= 15 is 0 Å². The summed E-state index contributed by atoms with van der Waals surface area (Å²) >= 11 is 0. The fraction of sp³-hybridized carbons (Fsp3) is 0.125. The minimum Gasteiger partial charge on any atom is -0.295 e. The Hall–Kier alpha value is -1.51. The van der Waals surface area contributed by atoms with Gasteiger partial charge in [-0.1, -0.05) is 0 Å². The van der Waals surface area contributed by atoms with Gasteiger partial charge in [-0.2, -0.15) is 5.11 Å². The molecule has 1 N–H and O–H groups in total. The highest BCUT2D eigenvalue weighted by atomic mass is 16.1. The van der Waals surface area contributed by atoms with E-state index in [1.807, 2.05) is 0 Å². The first kappa shape index (κ1) is 7.60. The van der Waals surface area contributed by atoms with Gasteiger partial charge in [-0.25, -0.2) is 5.53 Å². The van der Waals surface area contributed by atoms with Crippen LogP contribution in [0.5, 0.6) is 0 Å². The average molecular weight is 148 g/mol. The number of rotatable bonds is 2. The molecule has 0 saturated carbocycles. The second-order valence-electron chi connectivity index (χ2n) is 2.21. The van der Waals surface area contributed by atoms with E-state index in [2.05, 4.69) is 5.11 Å². The van der Waals surface area contributed by atoms with Gasteiger partial charge in [0.2, 0.25) is 0 Å². The number of benzene rings is 1. The molecule has 0 atom stereocenters. The Balaban J connectivity index is 3.00. The Morgan fingerprint density at radius 2 is 1.91 bits per heavy atom. The van der Waals surface area contributed by atoms with Crippen molar-refractivity contribution >= 4 is 11.5 Å². The number of carbonyl (C=O) groups excluding carboxylic acids is 1. The maximum absolute atomic E-state index is 10.8. The molecule has 0 fully saturated rings. The summed E-state index contributed by atoms with van der Waals surface area (Å²) < 4.78 is 0. The first-order chi connectivity index (χ1) is 5.24. The molecule has 0 aliphatic carbocycles. The molecular weight excluding hydrogens is 140 g/mol. The summed E-state index contributed by atoms with van der Waals surface area (Å²) in [5.41, 5.74) is 7.88. The van der Waals surface area contributed by atoms with Crippen molar-refractivity contribution in [3.8, 4) is 0 Å². The molecule has 0 aliphatic rings. The van der Waals surface area contributed by atoms with E-state index in [9.17, 15) is 4.79 Å². The van der Waals surface area contributed by atoms with Crippen molar-refractivity contribution in [3.05, 3.63) is 29.8 Å². The van der Waals surface area contributed by atoms with Gasteiger partial charge in [-0.15, -0.1) is 0 Å². The number of ketones is 1. The average Bonchev–Trinajstić information content (AvgIpc) is 2.05. The van der Waals surface area contributed by atoms with Crippen LogP contribution in [0, 0.1) is 5.53 Å². The molecule has 3 heteroatoms.